The SMILES string of the molecule is CN(C)[N+](C)(C)CN=[N+]=[N-]. The van der Waals surface area contributed by atoms with Gasteiger partial charge in [0.15, 0.2) is 6.67 Å². The molecule has 0 amide bonds. The average molecular weight is 144 g/mol. The Morgan fingerprint density at radius 2 is 2.00 bits per heavy atom. The van der Waals surface area contributed by atoms with E-state index in [1.807, 2.05) is 33.2 Å². The molecule has 0 aromatic rings. The van der Waals surface area contributed by atoms with Gasteiger partial charge < -0.3 is 0 Å². The van der Waals surface area contributed by atoms with Crippen molar-refractivity contribution in [1.29, 1.82) is 0 Å². The maximum atomic E-state index is 8.04. The van der Waals surface area contributed by atoms with E-state index >= 15 is 0 Å². The molecule has 10 heavy (non-hydrogen) atoms. The van der Waals surface area contributed by atoms with Gasteiger partial charge in [0.25, 0.3) is 0 Å². The van der Waals surface area contributed by atoms with E-state index < -0.39 is 0 Å². The van der Waals surface area contributed by atoms with E-state index in [0.29, 0.717) is 11.3 Å². The van der Waals surface area contributed by atoms with Crippen LogP contribution in [0.1, 0.15) is 0 Å². The van der Waals surface area contributed by atoms with Crippen molar-refractivity contribution in [3.05, 3.63) is 10.4 Å². The zero-order valence-electron chi connectivity index (χ0n) is 6.94. The lowest BCUT2D eigenvalue weighted by atomic mass is 10.8. The third-order valence-corrected chi connectivity index (χ3v) is 1.56. The normalized spacial score (nSPS) is 11.3. The molecule has 0 N–H and O–H groups in total. The van der Waals surface area contributed by atoms with E-state index in [-0.39, 0.29) is 0 Å². The molecule has 0 radical (unpaired) electrons. The molecule has 0 aromatic carbocycles. The van der Waals surface area contributed by atoms with Gasteiger partial charge in [0.2, 0.25) is 0 Å². The van der Waals surface area contributed by atoms with Crippen LogP contribution in [-0.2, 0) is 0 Å². The summed E-state index contributed by atoms with van der Waals surface area (Å²) in [5.74, 6) is 0. The van der Waals surface area contributed by atoms with E-state index in [2.05, 4.69) is 10.0 Å². The second kappa shape index (κ2) is 3.41. The van der Waals surface area contributed by atoms with Crippen molar-refractivity contribution in [2.75, 3.05) is 34.9 Å². The molecule has 5 heteroatoms. The summed E-state index contributed by atoms with van der Waals surface area (Å²) in [6.07, 6.45) is 0. The van der Waals surface area contributed by atoms with Crippen LogP contribution in [0.25, 0.3) is 10.4 Å². The lowest BCUT2D eigenvalue weighted by Crippen LogP contribution is -2.50. The first kappa shape index (κ1) is 9.23. The first-order chi connectivity index (χ1) is 4.50. The topological polar surface area (TPSA) is 52.0 Å². The van der Waals surface area contributed by atoms with Gasteiger partial charge in [0, 0.05) is 19.0 Å². The van der Waals surface area contributed by atoms with Crippen LogP contribution < -0.4 is 0 Å². The number of rotatable bonds is 3. The van der Waals surface area contributed by atoms with Crippen molar-refractivity contribution >= 4 is 0 Å². The van der Waals surface area contributed by atoms with Crippen LogP contribution in [0.15, 0.2) is 5.11 Å². The molecule has 0 fully saturated rings. The summed E-state index contributed by atoms with van der Waals surface area (Å²) in [7, 11) is 7.81. The van der Waals surface area contributed by atoms with Crippen molar-refractivity contribution in [2.24, 2.45) is 5.11 Å². The Morgan fingerprint density at radius 1 is 1.50 bits per heavy atom. The molecule has 0 aliphatic carbocycles. The van der Waals surface area contributed by atoms with Gasteiger partial charge in [-0.3, -0.25) is 0 Å². The van der Waals surface area contributed by atoms with Crippen molar-refractivity contribution in [1.82, 2.24) is 5.01 Å². The van der Waals surface area contributed by atoms with Crippen molar-refractivity contribution in [3.8, 4) is 0 Å². The molecule has 0 saturated heterocycles. The third-order valence-electron chi connectivity index (χ3n) is 1.56. The number of azide groups is 1. The molecular weight excluding hydrogens is 130 g/mol. The largest absolute Gasteiger partial charge is 0.244 e. The Hall–Kier alpha value is -0.770. The molecule has 0 atom stereocenters. The van der Waals surface area contributed by atoms with E-state index in [9.17, 15) is 0 Å². The number of quaternary nitrogens is 1. The van der Waals surface area contributed by atoms with Crippen molar-refractivity contribution in [2.45, 2.75) is 0 Å². The van der Waals surface area contributed by atoms with E-state index in [0.717, 1.165) is 0 Å². The summed E-state index contributed by atoms with van der Waals surface area (Å²) >= 11 is 0. The molecule has 0 rings (SSSR count). The van der Waals surface area contributed by atoms with E-state index in [1.165, 1.54) is 0 Å². The van der Waals surface area contributed by atoms with Crippen LogP contribution in [0.5, 0.6) is 0 Å². The van der Waals surface area contributed by atoms with Gasteiger partial charge in [-0.15, -0.1) is 0 Å². The Morgan fingerprint density at radius 3 is 2.30 bits per heavy atom. The van der Waals surface area contributed by atoms with Gasteiger partial charge in [-0.25, -0.2) is 4.59 Å². The van der Waals surface area contributed by atoms with Gasteiger partial charge in [-0.2, -0.15) is 5.01 Å². The summed E-state index contributed by atoms with van der Waals surface area (Å²) in [5, 5.41) is 5.44. The highest BCUT2D eigenvalue weighted by Crippen LogP contribution is 1.98. The molecule has 0 aliphatic rings. The lowest BCUT2D eigenvalue weighted by molar-refractivity contribution is -0.996. The minimum atomic E-state index is 0.448. The number of hydrogen-bond acceptors (Lipinski definition) is 2. The highest BCUT2D eigenvalue weighted by Gasteiger charge is 2.15. The Balaban J connectivity index is 3.98. The fourth-order valence-electron chi connectivity index (χ4n) is 0.310. The summed E-state index contributed by atoms with van der Waals surface area (Å²) in [6.45, 7) is 0.448. The fourth-order valence-corrected chi connectivity index (χ4v) is 0.310. The molecule has 0 bridgehead atoms. The summed E-state index contributed by atoms with van der Waals surface area (Å²) in [6, 6.07) is 0. The smallest absolute Gasteiger partial charge is 0.176 e. The van der Waals surface area contributed by atoms with E-state index in [4.69, 9.17) is 5.53 Å². The van der Waals surface area contributed by atoms with Crippen LogP contribution in [0.2, 0.25) is 0 Å². The second-order valence-electron chi connectivity index (χ2n) is 2.84. The van der Waals surface area contributed by atoms with Crippen molar-refractivity contribution < 1.29 is 4.59 Å². The van der Waals surface area contributed by atoms with Gasteiger partial charge >= 0.3 is 0 Å². The van der Waals surface area contributed by atoms with Crippen LogP contribution in [-0.4, -0.2) is 44.5 Å². The van der Waals surface area contributed by atoms with Gasteiger partial charge in [-0.1, -0.05) is 0 Å². The van der Waals surface area contributed by atoms with Crippen LogP contribution in [0.4, 0.5) is 0 Å². The molecule has 0 aliphatic heterocycles. The average Bonchev–Trinajstić information content (AvgIpc) is 1.84. The van der Waals surface area contributed by atoms with E-state index in [1.54, 1.807) is 0 Å². The quantitative estimate of drug-likeness (QED) is 0.190. The first-order valence-electron chi connectivity index (χ1n) is 3.02. The molecular formula is C5H14N5+. The summed E-state index contributed by atoms with van der Waals surface area (Å²) in [4.78, 5) is 2.69. The molecule has 0 aromatic heterocycles. The van der Waals surface area contributed by atoms with Gasteiger partial charge in [0.05, 0.1) is 14.1 Å². The third kappa shape index (κ3) is 2.68. The number of hydrogen-bond donors (Lipinski definition) is 0. The number of nitrogens with zero attached hydrogens (tertiary/aromatic N) is 5. The molecule has 0 heterocycles. The summed E-state index contributed by atoms with van der Waals surface area (Å²) < 4.78 is 0.573. The maximum absolute atomic E-state index is 8.04. The first-order valence-corrected chi connectivity index (χ1v) is 3.02. The minimum Gasteiger partial charge on any atom is -0.244 e. The van der Waals surface area contributed by atoms with Crippen LogP contribution in [0, 0.1) is 0 Å². The highest BCUT2D eigenvalue weighted by molar-refractivity contribution is 4.36. The Kier molecular flexibility index (Phi) is 3.15. The minimum absolute atomic E-state index is 0.448. The molecule has 0 saturated carbocycles. The van der Waals surface area contributed by atoms with Crippen molar-refractivity contribution in [3.63, 3.8) is 0 Å². The monoisotopic (exact) mass is 144 g/mol. The Bertz CT molecular complexity index is 144. The zero-order chi connectivity index (χ0) is 8.20. The highest BCUT2D eigenvalue weighted by atomic mass is 15.7. The molecule has 0 spiro atoms. The van der Waals surface area contributed by atoms with Crippen LogP contribution >= 0.6 is 0 Å². The standard InChI is InChI=1S/C5H14N5/c1-9(2)10(3,4)5-7-8-6/h5H2,1-4H3/q+1. The summed E-state index contributed by atoms with van der Waals surface area (Å²) in [5.41, 5.74) is 8.04. The lowest BCUT2D eigenvalue weighted by Gasteiger charge is -2.33. The predicted octanol–water partition coefficient (Wildman–Crippen LogP) is 0.807. The molecule has 58 valence electrons. The molecule has 5 nitrogen and oxygen atoms in total. The molecule has 0 unspecified atom stereocenters. The second-order valence-corrected chi connectivity index (χ2v) is 2.84. The van der Waals surface area contributed by atoms with Crippen LogP contribution in [0.3, 0.4) is 0 Å². The maximum Gasteiger partial charge on any atom is 0.176 e. The predicted molar refractivity (Wildman–Crippen MR) is 39.8 cm³/mol. The van der Waals surface area contributed by atoms with Gasteiger partial charge in [0.1, 0.15) is 0 Å². The van der Waals surface area contributed by atoms with Gasteiger partial charge in [-0.05, 0) is 10.6 Å². The zero-order valence-corrected chi connectivity index (χ0v) is 6.94. The Labute approximate surface area is 61.0 Å². The fraction of sp³-hybridized carbons (Fsp3) is 1.00.